The van der Waals surface area contributed by atoms with E-state index < -0.39 is 4.92 Å². The maximum absolute atomic E-state index is 13.2. The van der Waals surface area contributed by atoms with E-state index in [0.29, 0.717) is 31.7 Å². The summed E-state index contributed by atoms with van der Waals surface area (Å²) >= 11 is 8.06. The molecule has 5 rings (SSSR count). The average Bonchev–Trinajstić information content (AvgIpc) is 3.07. The normalized spacial score (nSPS) is 17.1. The van der Waals surface area contributed by atoms with Crippen LogP contribution in [-0.4, -0.2) is 51.9 Å². The van der Waals surface area contributed by atoms with Crippen molar-refractivity contribution in [1.29, 1.82) is 0 Å². The Morgan fingerprint density at radius 2 is 1.92 bits per heavy atom. The summed E-state index contributed by atoms with van der Waals surface area (Å²) in [5.74, 6) is 1.98. The minimum absolute atomic E-state index is 0.105. The largest absolute Gasteiger partial charge is 0.352 e. The summed E-state index contributed by atoms with van der Waals surface area (Å²) in [6.07, 6.45) is 6.86. The third kappa shape index (κ3) is 4.66. The molecule has 0 unspecified atom stereocenters. The summed E-state index contributed by atoms with van der Waals surface area (Å²) in [4.78, 5) is 40.4. The summed E-state index contributed by atoms with van der Waals surface area (Å²) in [5, 5.41) is 12.3. The van der Waals surface area contributed by atoms with E-state index in [0.717, 1.165) is 35.7 Å². The molecule has 1 fully saturated rings. The van der Waals surface area contributed by atoms with Gasteiger partial charge in [0.2, 0.25) is 0 Å². The lowest BCUT2D eigenvalue weighted by atomic mass is 10.1. The molecule has 1 atom stereocenters. The van der Waals surface area contributed by atoms with E-state index >= 15 is 0 Å². The first-order valence-corrected chi connectivity index (χ1v) is 13.9. The Morgan fingerprint density at radius 1 is 1.17 bits per heavy atom. The van der Waals surface area contributed by atoms with E-state index in [1.807, 2.05) is 11.3 Å². The molecule has 1 aliphatic carbocycles. The van der Waals surface area contributed by atoms with Crippen LogP contribution < -0.4 is 4.90 Å². The summed E-state index contributed by atoms with van der Waals surface area (Å²) in [7, 11) is 0. The SMILES string of the molecule is CC[C@@H](C)c1nc(N2CCN(C(=O)c3ccc([N+](=O)[O-])cc3Cl)CC2)c2c3c(sc2n1)CCCCC3. The lowest BCUT2D eigenvalue weighted by Crippen LogP contribution is -2.49. The van der Waals surface area contributed by atoms with Crippen LogP contribution in [-0.2, 0) is 12.8 Å². The van der Waals surface area contributed by atoms with Crippen molar-refractivity contribution in [1.82, 2.24) is 14.9 Å². The van der Waals surface area contributed by atoms with Crippen molar-refractivity contribution >= 4 is 50.6 Å². The van der Waals surface area contributed by atoms with E-state index in [-0.39, 0.29) is 22.5 Å². The molecule has 2 aromatic heterocycles. The highest BCUT2D eigenvalue weighted by Gasteiger charge is 2.29. The Bertz CT molecular complexity index is 1320. The molecular weight excluding hydrogens is 498 g/mol. The van der Waals surface area contributed by atoms with Crippen LogP contribution >= 0.6 is 22.9 Å². The van der Waals surface area contributed by atoms with Crippen LogP contribution in [0.1, 0.15) is 72.1 Å². The van der Waals surface area contributed by atoms with Gasteiger partial charge in [-0.15, -0.1) is 11.3 Å². The van der Waals surface area contributed by atoms with Gasteiger partial charge in [-0.2, -0.15) is 0 Å². The molecular formula is C26H30ClN5O3S. The number of nitro groups is 1. The zero-order chi connectivity index (χ0) is 25.4. The number of halogens is 1. The summed E-state index contributed by atoms with van der Waals surface area (Å²) in [5.41, 5.74) is 1.60. The highest BCUT2D eigenvalue weighted by molar-refractivity contribution is 7.19. The van der Waals surface area contributed by atoms with E-state index in [4.69, 9.17) is 21.6 Å². The van der Waals surface area contributed by atoms with Gasteiger partial charge in [0.25, 0.3) is 11.6 Å². The third-order valence-electron chi connectivity index (χ3n) is 7.38. The van der Waals surface area contributed by atoms with E-state index in [9.17, 15) is 14.9 Å². The average molecular weight is 528 g/mol. The maximum atomic E-state index is 13.2. The first-order chi connectivity index (χ1) is 17.4. The van der Waals surface area contributed by atoms with Gasteiger partial charge in [-0.25, -0.2) is 9.97 Å². The molecule has 1 aliphatic heterocycles. The first kappa shape index (κ1) is 24.9. The molecule has 1 aromatic carbocycles. The van der Waals surface area contributed by atoms with E-state index in [1.165, 1.54) is 53.3 Å². The van der Waals surface area contributed by atoms with Gasteiger partial charge in [-0.05, 0) is 43.7 Å². The number of anilines is 1. The van der Waals surface area contributed by atoms with Crippen molar-refractivity contribution in [3.63, 3.8) is 0 Å². The highest BCUT2D eigenvalue weighted by Crippen LogP contribution is 2.40. The quantitative estimate of drug-likeness (QED) is 0.229. The Labute approximate surface area is 219 Å². The summed E-state index contributed by atoms with van der Waals surface area (Å²) in [6, 6.07) is 4.01. The second-order valence-electron chi connectivity index (χ2n) is 9.66. The molecule has 1 saturated heterocycles. The number of rotatable bonds is 5. The van der Waals surface area contributed by atoms with Crippen LogP contribution in [0.4, 0.5) is 11.5 Å². The van der Waals surface area contributed by atoms with Gasteiger partial charge in [-0.1, -0.05) is 31.9 Å². The second-order valence-corrected chi connectivity index (χ2v) is 11.2. The van der Waals surface area contributed by atoms with Crippen LogP contribution in [0.3, 0.4) is 0 Å². The van der Waals surface area contributed by atoms with Crippen molar-refractivity contribution in [2.75, 3.05) is 31.1 Å². The van der Waals surface area contributed by atoms with E-state index in [2.05, 4.69) is 18.7 Å². The maximum Gasteiger partial charge on any atom is 0.270 e. The highest BCUT2D eigenvalue weighted by atomic mass is 35.5. The van der Waals surface area contributed by atoms with Crippen LogP contribution in [0.2, 0.25) is 5.02 Å². The molecule has 36 heavy (non-hydrogen) atoms. The Balaban J connectivity index is 1.42. The molecule has 0 radical (unpaired) electrons. The standard InChI is InChI=1S/C26H30ClN5O3S/c1-3-16(2)23-28-24(22-19-7-5-4-6-8-21(19)36-25(22)29-23)30-11-13-31(14-12-30)26(33)18-10-9-17(32(34)35)15-20(18)27/h9-10,15-16H,3-8,11-14H2,1-2H3/t16-/m1/s1. The molecule has 0 spiro atoms. The predicted molar refractivity (Wildman–Crippen MR) is 144 cm³/mol. The number of amides is 1. The first-order valence-electron chi connectivity index (χ1n) is 12.7. The van der Waals surface area contributed by atoms with Gasteiger partial charge in [0.15, 0.2) is 0 Å². The van der Waals surface area contributed by atoms with Crippen molar-refractivity contribution < 1.29 is 9.72 Å². The lowest BCUT2D eigenvalue weighted by Gasteiger charge is -2.36. The monoisotopic (exact) mass is 527 g/mol. The minimum Gasteiger partial charge on any atom is -0.352 e. The molecule has 1 amide bonds. The summed E-state index contributed by atoms with van der Waals surface area (Å²) in [6.45, 7) is 6.72. The van der Waals surface area contributed by atoms with Crippen molar-refractivity contribution in [2.24, 2.45) is 0 Å². The molecule has 190 valence electrons. The number of aryl methyl sites for hydroxylation is 2. The fourth-order valence-electron chi connectivity index (χ4n) is 5.05. The van der Waals surface area contributed by atoms with Crippen LogP contribution in [0.5, 0.6) is 0 Å². The molecule has 0 saturated carbocycles. The van der Waals surface area contributed by atoms with Gasteiger partial charge >= 0.3 is 0 Å². The lowest BCUT2D eigenvalue weighted by molar-refractivity contribution is -0.384. The van der Waals surface area contributed by atoms with Crippen molar-refractivity contribution in [3.05, 3.63) is 55.2 Å². The molecule has 10 heteroatoms. The number of thiophene rings is 1. The predicted octanol–water partition coefficient (Wildman–Crippen LogP) is 6.00. The van der Waals surface area contributed by atoms with E-state index in [1.54, 1.807) is 4.90 Å². The minimum atomic E-state index is -0.514. The zero-order valence-corrected chi connectivity index (χ0v) is 22.2. The number of aromatic nitrogens is 2. The number of hydrogen-bond donors (Lipinski definition) is 0. The zero-order valence-electron chi connectivity index (χ0n) is 20.6. The number of non-ortho nitro benzene ring substituents is 1. The molecule has 8 nitrogen and oxygen atoms in total. The summed E-state index contributed by atoms with van der Waals surface area (Å²) < 4.78 is 0. The van der Waals surface area contributed by atoms with Crippen molar-refractivity contribution in [3.8, 4) is 0 Å². The number of fused-ring (bicyclic) bond motifs is 3. The Kier molecular flexibility index (Phi) is 7.12. The second kappa shape index (κ2) is 10.3. The Hall–Kier alpha value is -2.78. The number of nitro benzene ring substituents is 1. The fourth-order valence-corrected chi connectivity index (χ4v) is 6.56. The Morgan fingerprint density at radius 3 is 2.61 bits per heavy atom. The van der Waals surface area contributed by atoms with Gasteiger partial charge < -0.3 is 9.80 Å². The number of piperazine rings is 1. The number of benzene rings is 1. The molecule has 0 N–H and O–H groups in total. The van der Waals surface area contributed by atoms with Gasteiger partial charge in [-0.3, -0.25) is 14.9 Å². The number of hydrogen-bond acceptors (Lipinski definition) is 7. The van der Waals surface area contributed by atoms with Crippen LogP contribution in [0, 0.1) is 10.1 Å². The number of carbonyl (C=O) groups is 1. The fraction of sp³-hybridized carbons (Fsp3) is 0.500. The molecule has 3 heterocycles. The van der Waals surface area contributed by atoms with Gasteiger partial charge in [0.1, 0.15) is 16.5 Å². The smallest absolute Gasteiger partial charge is 0.270 e. The van der Waals surface area contributed by atoms with Crippen LogP contribution in [0.25, 0.3) is 10.2 Å². The molecule has 2 aliphatic rings. The van der Waals surface area contributed by atoms with Crippen LogP contribution in [0.15, 0.2) is 18.2 Å². The molecule has 0 bridgehead atoms. The van der Waals surface area contributed by atoms with Crippen molar-refractivity contribution in [2.45, 2.75) is 58.3 Å². The number of carbonyl (C=O) groups excluding carboxylic acids is 1. The topological polar surface area (TPSA) is 92.5 Å². The van der Waals surface area contributed by atoms with Gasteiger partial charge in [0, 0.05) is 49.1 Å². The number of nitrogens with zero attached hydrogens (tertiary/aromatic N) is 5. The van der Waals surface area contributed by atoms with Gasteiger partial charge in [0.05, 0.1) is 20.9 Å². The third-order valence-corrected chi connectivity index (χ3v) is 8.87. The molecule has 3 aromatic rings.